The number of rotatable bonds is 6. The van der Waals surface area contributed by atoms with Gasteiger partial charge in [-0.2, -0.15) is 5.26 Å². The Morgan fingerprint density at radius 3 is 2.45 bits per heavy atom. The van der Waals surface area contributed by atoms with Gasteiger partial charge in [0, 0.05) is 5.56 Å². The van der Waals surface area contributed by atoms with E-state index in [2.05, 4.69) is 5.32 Å². The van der Waals surface area contributed by atoms with Crippen molar-refractivity contribution in [1.29, 1.82) is 5.26 Å². The molecule has 0 radical (unpaired) electrons. The second-order valence-electron chi connectivity index (χ2n) is 5.97. The van der Waals surface area contributed by atoms with Gasteiger partial charge in [-0.15, -0.1) is 0 Å². The predicted octanol–water partition coefficient (Wildman–Crippen LogP) is 4.95. The van der Waals surface area contributed by atoms with Crippen molar-refractivity contribution < 1.29 is 14.5 Å². The van der Waals surface area contributed by atoms with Crippen LogP contribution < -0.4 is 10.1 Å². The summed E-state index contributed by atoms with van der Waals surface area (Å²) in [7, 11) is 0. The summed E-state index contributed by atoms with van der Waals surface area (Å²) in [5, 5.41) is 22.6. The zero-order valence-corrected chi connectivity index (χ0v) is 15.7. The van der Waals surface area contributed by atoms with Gasteiger partial charge in [-0.25, -0.2) is 0 Å². The van der Waals surface area contributed by atoms with Gasteiger partial charge in [-0.1, -0.05) is 41.9 Å². The van der Waals surface area contributed by atoms with Crippen molar-refractivity contribution in [3.05, 3.63) is 98.6 Å². The number of carbonyl (C=O) groups excluding carboxylic acids is 1. The Hall–Kier alpha value is -3.89. The Kier molecular flexibility index (Phi) is 6.07. The lowest BCUT2D eigenvalue weighted by Crippen LogP contribution is -2.13. The molecule has 8 heteroatoms. The molecular formula is C21H14ClN3O4. The van der Waals surface area contributed by atoms with E-state index in [0.717, 1.165) is 5.56 Å². The fourth-order valence-electron chi connectivity index (χ4n) is 2.53. The maximum Gasteiger partial charge on any atom is 0.291 e. The van der Waals surface area contributed by atoms with E-state index in [4.69, 9.17) is 21.6 Å². The molecule has 3 aromatic rings. The molecule has 0 spiro atoms. The maximum atomic E-state index is 12.5. The van der Waals surface area contributed by atoms with Crippen LogP contribution in [0.2, 0.25) is 5.02 Å². The number of benzene rings is 3. The number of carbonyl (C=O) groups is 1. The molecule has 0 atom stereocenters. The number of ether oxygens (including phenoxy) is 1. The van der Waals surface area contributed by atoms with Gasteiger partial charge in [0.25, 0.3) is 11.6 Å². The van der Waals surface area contributed by atoms with Gasteiger partial charge < -0.3 is 10.1 Å². The Morgan fingerprint density at radius 2 is 1.83 bits per heavy atom. The number of nitro benzene ring substituents is 1. The van der Waals surface area contributed by atoms with Crippen molar-refractivity contribution in [1.82, 2.24) is 0 Å². The van der Waals surface area contributed by atoms with Crippen molar-refractivity contribution in [2.24, 2.45) is 0 Å². The Labute approximate surface area is 171 Å². The molecule has 0 aliphatic rings. The van der Waals surface area contributed by atoms with E-state index >= 15 is 0 Å². The number of amides is 1. The number of nitrogens with zero attached hydrogens (tertiary/aromatic N) is 2. The molecule has 144 valence electrons. The standard InChI is InChI=1S/C21H14ClN3O4/c22-17-10-18(24-21(26)16-8-6-14(12-23)7-9-16)20(11-19(17)25(27)28)29-13-15-4-2-1-3-5-15/h1-11H,13H2,(H,24,26). The second kappa shape index (κ2) is 8.87. The van der Waals surface area contributed by atoms with Crippen LogP contribution in [0.3, 0.4) is 0 Å². The minimum Gasteiger partial charge on any atom is -0.486 e. The van der Waals surface area contributed by atoms with E-state index in [1.165, 1.54) is 36.4 Å². The summed E-state index contributed by atoms with van der Waals surface area (Å²) in [6, 6.07) is 19.7. The molecular weight excluding hydrogens is 394 g/mol. The molecule has 0 unspecified atom stereocenters. The highest BCUT2D eigenvalue weighted by Crippen LogP contribution is 2.36. The minimum atomic E-state index is -0.621. The third-order valence-electron chi connectivity index (χ3n) is 4.01. The number of halogens is 1. The zero-order chi connectivity index (χ0) is 20.8. The fourth-order valence-corrected chi connectivity index (χ4v) is 2.76. The topological polar surface area (TPSA) is 105 Å². The van der Waals surface area contributed by atoms with E-state index in [-0.39, 0.29) is 28.8 Å². The molecule has 3 rings (SSSR count). The highest BCUT2D eigenvalue weighted by atomic mass is 35.5. The van der Waals surface area contributed by atoms with Crippen LogP contribution in [0.5, 0.6) is 5.75 Å². The SMILES string of the molecule is N#Cc1ccc(C(=O)Nc2cc(Cl)c([N+](=O)[O-])cc2OCc2ccccc2)cc1. The lowest BCUT2D eigenvalue weighted by atomic mass is 10.1. The average molecular weight is 408 g/mol. The molecule has 0 saturated carbocycles. The Balaban J connectivity index is 1.88. The van der Waals surface area contributed by atoms with Gasteiger partial charge >= 0.3 is 0 Å². The lowest BCUT2D eigenvalue weighted by Gasteiger charge is -2.13. The molecule has 0 aliphatic carbocycles. The molecule has 0 bridgehead atoms. The largest absolute Gasteiger partial charge is 0.486 e. The first-order valence-corrected chi connectivity index (χ1v) is 8.82. The van der Waals surface area contributed by atoms with Crippen LogP contribution in [0.25, 0.3) is 0 Å². The average Bonchev–Trinajstić information content (AvgIpc) is 2.73. The minimum absolute atomic E-state index is 0.118. The molecule has 0 fully saturated rings. The third-order valence-corrected chi connectivity index (χ3v) is 4.31. The monoisotopic (exact) mass is 407 g/mol. The summed E-state index contributed by atoms with van der Waals surface area (Å²) in [5.41, 5.74) is 1.46. The van der Waals surface area contributed by atoms with E-state index in [1.54, 1.807) is 0 Å². The van der Waals surface area contributed by atoms with E-state index in [0.29, 0.717) is 11.1 Å². The van der Waals surface area contributed by atoms with Gasteiger partial charge in [0.05, 0.1) is 28.3 Å². The molecule has 7 nitrogen and oxygen atoms in total. The van der Waals surface area contributed by atoms with Crippen LogP contribution in [-0.2, 0) is 6.61 Å². The number of hydrogen-bond acceptors (Lipinski definition) is 5. The first kappa shape index (κ1) is 19.9. The Bertz CT molecular complexity index is 1090. The van der Waals surface area contributed by atoms with Gasteiger partial charge in [-0.05, 0) is 35.9 Å². The van der Waals surface area contributed by atoms with E-state index < -0.39 is 10.8 Å². The summed E-state index contributed by atoms with van der Waals surface area (Å²) in [6.45, 7) is 0.152. The second-order valence-corrected chi connectivity index (χ2v) is 6.38. The Morgan fingerprint density at radius 1 is 1.14 bits per heavy atom. The van der Waals surface area contributed by atoms with Gasteiger partial charge in [-0.3, -0.25) is 14.9 Å². The van der Waals surface area contributed by atoms with Crippen LogP contribution in [-0.4, -0.2) is 10.8 Å². The summed E-state index contributed by atoms with van der Waals surface area (Å²) in [4.78, 5) is 23.1. The highest BCUT2D eigenvalue weighted by molar-refractivity contribution is 6.33. The van der Waals surface area contributed by atoms with E-state index in [1.807, 2.05) is 36.4 Å². The first-order valence-electron chi connectivity index (χ1n) is 8.44. The van der Waals surface area contributed by atoms with Crippen LogP contribution in [0.1, 0.15) is 21.5 Å². The van der Waals surface area contributed by atoms with Crippen LogP contribution in [0.4, 0.5) is 11.4 Å². The van der Waals surface area contributed by atoms with Crippen molar-refractivity contribution in [2.45, 2.75) is 6.61 Å². The summed E-state index contributed by atoms with van der Waals surface area (Å²) < 4.78 is 5.72. The molecule has 0 heterocycles. The summed E-state index contributed by atoms with van der Waals surface area (Å²) >= 11 is 6.00. The maximum absolute atomic E-state index is 12.5. The quantitative estimate of drug-likeness (QED) is 0.459. The van der Waals surface area contributed by atoms with E-state index in [9.17, 15) is 14.9 Å². The normalized spacial score (nSPS) is 10.1. The van der Waals surface area contributed by atoms with Crippen molar-refractivity contribution in [3.63, 3.8) is 0 Å². The van der Waals surface area contributed by atoms with Crippen molar-refractivity contribution >= 4 is 28.9 Å². The lowest BCUT2D eigenvalue weighted by molar-refractivity contribution is -0.384. The van der Waals surface area contributed by atoms with Crippen molar-refractivity contribution in [3.8, 4) is 11.8 Å². The van der Waals surface area contributed by atoms with Crippen molar-refractivity contribution in [2.75, 3.05) is 5.32 Å². The number of nitriles is 1. The molecule has 0 aromatic heterocycles. The number of nitro groups is 1. The zero-order valence-electron chi connectivity index (χ0n) is 15.0. The highest BCUT2D eigenvalue weighted by Gasteiger charge is 2.20. The first-order chi connectivity index (χ1) is 14.0. The molecule has 29 heavy (non-hydrogen) atoms. The van der Waals surface area contributed by atoms with Crippen LogP contribution >= 0.6 is 11.6 Å². The molecule has 1 amide bonds. The van der Waals surface area contributed by atoms with Gasteiger partial charge in [0.1, 0.15) is 17.4 Å². The smallest absolute Gasteiger partial charge is 0.291 e. The molecule has 0 aliphatic heterocycles. The van der Waals surface area contributed by atoms with Gasteiger partial charge in [0.15, 0.2) is 0 Å². The number of nitrogens with one attached hydrogen (secondary N) is 1. The predicted molar refractivity (Wildman–Crippen MR) is 108 cm³/mol. The molecule has 0 saturated heterocycles. The number of hydrogen-bond donors (Lipinski definition) is 1. The van der Waals surface area contributed by atoms with Gasteiger partial charge in [0.2, 0.25) is 0 Å². The third kappa shape index (κ3) is 4.89. The summed E-state index contributed by atoms with van der Waals surface area (Å²) in [5.74, 6) is -0.351. The van der Waals surface area contributed by atoms with Crippen LogP contribution in [0, 0.1) is 21.4 Å². The number of anilines is 1. The summed E-state index contributed by atoms with van der Waals surface area (Å²) in [6.07, 6.45) is 0. The molecule has 1 N–H and O–H groups in total. The molecule has 3 aromatic carbocycles. The fraction of sp³-hybridized carbons (Fsp3) is 0.0476. The van der Waals surface area contributed by atoms with Crippen LogP contribution in [0.15, 0.2) is 66.7 Å².